The van der Waals surface area contributed by atoms with Gasteiger partial charge in [0.25, 0.3) is 0 Å². The van der Waals surface area contributed by atoms with Crippen molar-refractivity contribution in [2.45, 2.75) is 13.6 Å². The van der Waals surface area contributed by atoms with Gasteiger partial charge in [0.05, 0.1) is 13.8 Å². The number of H-pyrrole nitrogens is 1. The molecule has 0 atom stereocenters. The van der Waals surface area contributed by atoms with Crippen molar-refractivity contribution in [1.29, 1.82) is 0 Å². The van der Waals surface area contributed by atoms with E-state index in [4.69, 9.17) is 21.7 Å². The molecule has 0 spiro atoms. The highest BCUT2D eigenvalue weighted by Crippen LogP contribution is 2.19. The normalized spacial score (nSPS) is 11.0. The van der Waals surface area contributed by atoms with Crippen LogP contribution in [0.4, 0.5) is 0 Å². The van der Waals surface area contributed by atoms with Gasteiger partial charge in [-0.1, -0.05) is 12.1 Å². The van der Waals surface area contributed by atoms with Crippen molar-refractivity contribution in [3.8, 4) is 22.9 Å². The van der Waals surface area contributed by atoms with Crippen molar-refractivity contribution in [3.05, 3.63) is 58.9 Å². The molecule has 0 unspecified atom stereocenters. The van der Waals surface area contributed by atoms with Gasteiger partial charge in [0.15, 0.2) is 5.82 Å². The summed E-state index contributed by atoms with van der Waals surface area (Å²) in [6, 6.07) is 15.8. The summed E-state index contributed by atoms with van der Waals surface area (Å²) < 4.78 is 13.4. The summed E-state index contributed by atoms with van der Waals surface area (Å²) in [5.74, 6) is 2.44. The van der Waals surface area contributed by atoms with Crippen LogP contribution in [-0.4, -0.2) is 47.0 Å². The first-order chi connectivity index (χ1) is 13.0. The van der Waals surface area contributed by atoms with Gasteiger partial charge in [0, 0.05) is 12.1 Å². The molecule has 3 aromatic rings. The number of benzene rings is 2. The summed E-state index contributed by atoms with van der Waals surface area (Å²) in [5, 5.41) is 3.26. The molecule has 27 heavy (non-hydrogen) atoms. The highest BCUT2D eigenvalue weighted by molar-refractivity contribution is 7.71. The summed E-state index contributed by atoms with van der Waals surface area (Å²) in [4.78, 5) is 6.58. The van der Waals surface area contributed by atoms with Gasteiger partial charge in [-0.2, -0.15) is 4.98 Å². The van der Waals surface area contributed by atoms with Crippen LogP contribution in [0.1, 0.15) is 5.56 Å². The molecule has 0 bridgehead atoms. The number of nitrogens with zero attached hydrogens (tertiary/aromatic N) is 3. The first kappa shape index (κ1) is 19.1. The monoisotopic (exact) mass is 384 g/mol. The van der Waals surface area contributed by atoms with Crippen LogP contribution in [0.2, 0.25) is 0 Å². The van der Waals surface area contributed by atoms with Gasteiger partial charge in [-0.05, 0) is 68.2 Å². The summed E-state index contributed by atoms with van der Waals surface area (Å²) in [6.07, 6.45) is 0. The fourth-order valence-corrected chi connectivity index (χ4v) is 2.86. The lowest BCUT2D eigenvalue weighted by Crippen LogP contribution is -2.27. The third-order valence-corrected chi connectivity index (χ3v) is 4.47. The molecular weight excluding hydrogens is 360 g/mol. The fourth-order valence-electron chi connectivity index (χ4n) is 2.67. The van der Waals surface area contributed by atoms with Crippen molar-refractivity contribution in [1.82, 2.24) is 19.7 Å². The van der Waals surface area contributed by atoms with Crippen LogP contribution in [0.5, 0.6) is 11.5 Å². The van der Waals surface area contributed by atoms with E-state index >= 15 is 0 Å². The van der Waals surface area contributed by atoms with Gasteiger partial charge in [0.2, 0.25) is 4.77 Å². The Bertz CT molecular complexity index is 934. The highest BCUT2D eigenvalue weighted by Gasteiger charge is 2.08. The number of aryl methyl sites for hydroxylation is 1. The number of ether oxygens (including phenoxy) is 2. The number of aromatic nitrogens is 3. The van der Waals surface area contributed by atoms with Gasteiger partial charge in [-0.15, -0.1) is 0 Å². The molecule has 6 nitrogen and oxygen atoms in total. The second-order valence-corrected chi connectivity index (χ2v) is 6.76. The largest absolute Gasteiger partial charge is 0.497 e. The lowest BCUT2D eigenvalue weighted by atomic mass is 10.2. The van der Waals surface area contributed by atoms with Crippen molar-refractivity contribution < 1.29 is 9.47 Å². The van der Waals surface area contributed by atoms with E-state index in [-0.39, 0.29) is 0 Å². The zero-order valence-electron chi connectivity index (χ0n) is 15.8. The fraction of sp³-hybridized carbons (Fsp3) is 0.300. The zero-order valence-corrected chi connectivity index (χ0v) is 16.6. The average molecular weight is 385 g/mol. The van der Waals surface area contributed by atoms with E-state index < -0.39 is 0 Å². The Morgan fingerprint density at radius 1 is 1.15 bits per heavy atom. The molecule has 0 aliphatic heterocycles. The molecule has 2 aromatic carbocycles. The molecule has 0 aliphatic rings. The minimum absolute atomic E-state index is 0.521. The summed E-state index contributed by atoms with van der Waals surface area (Å²) >= 11 is 5.38. The third-order valence-electron chi connectivity index (χ3n) is 4.16. The summed E-state index contributed by atoms with van der Waals surface area (Å²) in [6.45, 7) is 4.04. The van der Waals surface area contributed by atoms with Gasteiger partial charge in [-0.25, -0.2) is 4.68 Å². The van der Waals surface area contributed by atoms with Crippen molar-refractivity contribution in [2.24, 2.45) is 0 Å². The van der Waals surface area contributed by atoms with E-state index in [9.17, 15) is 0 Å². The molecule has 0 saturated heterocycles. The van der Waals surface area contributed by atoms with Crippen molar-refractivity contribution in [2.75, 3.05) is 27.3 Å². The molecule has 3 rings (SSSR count). The van der Waals surface area contributed by atoms with Crippen LogP contribution < -0.4 is 9.47 Å². The Morgan fingerprint density at radius 3 is 2.63 bits per heavy atom. The number of methoxy groups -OCH3 is 1. The minimum atomic E-state index is 0.521. The van der Waals surface area contributed by atoms with E-state index in [0.29, 0.717) is 18.0 Å². The average Bonchev–Trinajstić information content (AvgIpc) is 3.02. The Balaban J connectivity index is 1.56. The SMILES string of the molecule is COc1ccc(-c2nc(=S)n(CN(C)CCOc3cccc(C)c3)[nH]2)cc1. The van der Waals surface area contributed by atoms with Gasteiger partial charge >= 0.3 is 0 Å². The molecule has 1 N–H and O–H groups in total. The van der Waals surface area contributed by atoms with Gasteiger partial charge < -0.3 is 9.47 Å². The quantitative estimate of drug-likeness (QED) is 0.597. The lowest BCUT2D eigenvalue weighted by molar-refractivity contribution is 0.198. The molecule has 1 aromatic heterocycles. The maximum atomic E-state index is 5.81. The summed E-state index contributed by atoms with van der Waals surface area (Å²) in [5.41, 5.74) is 2.15. The third kappa shape index (κ3) is 5.18. The van der Waals surface area contributed by atoms with Crippen LogP contribution in [0.3, 0.4) is 0 Å². The lowest BCUT2D eigenvalue weighted by Gasteiger charge is -2.17. The first-order valence-corrected chi connectivity index (χ1v) is 9.15. The van der Waals surface area contributed by atoms with Crippen LogP contribution in [0.15, 0.2) is 48.5 Å². The number of aromatic amines is 1. The zero-order chi connectivity index (χ0) is 19.2. The van der Waals surface area contributed by atoms with Crippen molar-refractivity contribution >= 4 is 12.2 Å². The first-order valence-electron chi connectivity index (χ1n) is 8.74. The molecule has 0 saturated carbocycles. The van der Waals surface area contributed by atoms with Crippen LogP contribution in [-0.2, 0) is 6.67 Å². The standard InChI is InChI=1S/C20H24N4O2S/c1-15-5-4-6-18(13-15)26-12-11-23(2)14-24-20(27)21-19(22-24)16-7-9-17(25-3)10-8-16/h4-10,13H,11-12,14H2,1-3H3,(H,21,22,27). The molecule has 0 fully saturated rings. The number of hydrogen-bond acceptors (Lipinski definition) is 5. The van der Waals surface area contributed by atoms with E-state index in [0.717, 1.165) is 29.4 Å². The van der Waals surface area contributed by atoms with Crippen LogP contribution in [0.25, 0.3) is 11.4 Å². The van der Waals surface area contributed by atoms with Gasteiger partial charge in [-0.3, -0.25) is 10.00 Å². The molecule has 7 heteroatoms. The van der Waals surface area contributed by atoms with Crippen LogP contribution >= 0.6 is 12.2 Å². The molecule has 1 heterocycles. The van der Waals surface area contributed by atoms with Crippen molar-refractivity contribution in [3.63, 3.8) is 0 Å². The maximum Gasteiger partial charge on any atom is 0.217 e. The predicted octanol–water partition coefficient (Wildman–Crippen LogP) is 3.89. The van der Waals surface area contributed by atoms with E-state index in [2.05, 4.69) is 28.0 Å². The Labute approximate surface area is 164 Å². The maximum absolute atomic E-state index is 5.81. The topological polar surface area (TPSA) is 55.3 Å². The van der Waals surface area contributed by atoms with E-state index in [1.54, 1.807) is 7.11 Å². The van der Waals surface area contributed by atoms with Gasteiger partial charge in [0.1, 0.15) is 18.1 Å². The molecular formula is C20H24N4O2S. The summed E-state index contributed by atoms with van der Waals surface area (Å²) in [7, 11) is 3.67. The minimum Gasteiger partial charge on any atom is -0.497 e. The molecule has 0 radical (unpaired) electrons. The second-order valence-electron chi connectivity index (χ2n) is 6.40. The Morgan fingerprint density at radius 2 is 1.93 bits per heavy atom. The number of nitrogens with one attached hydrogen (secondary N) is 1. The highest BCUT2D eigenvalue weighted by atomic mass is 32.1. The van der Waals surface area contributed by atoms with Crippen LogP contribution in [0, 0.1) is 11.7 Å². The Hall–Kier alpha value is -2.64. The predicted molar refractivity (Wildman–Crippen MR) is 109 cm³/mol. The second kappa shape index (κ2) is 8.83. The molecule has 142 valence electrons. The molecule has 0 amide bonds. The smallest absolute Gasteiger partial charge is 0.217 e. The van der Waals surface area contributed by atoms with E-state index in [1.807, 2.05) is 54.2 Å². The number of hydrogen-bond donors (Lipinski definition) is 1. The number of likely N-dealkylation sites (N-methyl/N-ethyl adjacent to an activating group) is 1. The number of rotatable bonds is 8. The Kier molecular flexibility index (Phi) is 6.26. The van der Waals surface area contributed by atoms with E-state index in [1.165, 1.54) is 5.56 Å². The molecule has 0 aliphatic carbocycles.